The van der Waals surface area contributed by atoms with Crippen molar-refractivity contribution >= 4 is 21.2 Å². The van der Waals surface area contributed by atoms with Crippen molar-refractivity contribution in [3.05, 3.63) is 40.5 Å². The number of hydrogen-bond acceptors (Lipinski definition) is 7. The van der Waals surface area contributed by atoms with Crippen LogP contribution in [0.3, 0.4) is 0 Å². The molecule has 25 heavy (non-hydrogen) atoms. The average molecular weight is 365 g/mol. The van der Waals surface area contributed by atoms with E-state index in [0.29, 0.717) is 18.8 Å². The summed E-state index contributed by atoms with van der Waals surface area (Å²) < 4.78 is 25.7. The Morgan fingerprint density at radius 2 is 1.96 bits per heavy atom. The molecular weight excluding hydrogens is 346 g/mol. The summed E-state index contributed by atoms with van der Waals surface area (Å²) >= 11 is 0. The summed E-state index contributed by atoms with van der Waals surface area (Å²) in [4.78, 5) is 12.5. The van der Waals surface area contributed by atoms with Gasteiger partial charge in [0.1, 0.15) is 22.7 Å². The third-order valence-electron chi connectivity index (χ3n) is 4.51. The molecule has 3 rings (SSSR count). The van der Waals surface area contributed by atoms with Crippen molar-refractivity contribution in [3.63, 3.8) is 0 Å². The van der Waals surface area contributed by atoms with E-state index in [9.17, 15) is 18.5 Å². The average Bonchev–Trinajstić information content (AvgIpc) is 2.99. The summed E-state index contributed by atoms with van der Waals surface area (Å²) in [5.74, 6) is 1.14. The molecule has 1 aliphatic rings. The van der Waals surface area contributed by atoms with Crippen LogP contribution in [-0.2, 0) is 16.9 Å². The molecule has 134 valence electrons. The first kappa shape index (κ1) is 17.3. The van der Waals surface area contributed by atoms with Crippen molar-refractivity contribution in [2.75, 3.05) is 24.2 Å². The van der Waals surface area contributed by atoms with E-state index in [-0.39, 0.29) is 16.5 Å². The lowest BCUT2D eigenvalue weighted by Crippen LogP contribution is -2.34. The molecule has 0 atom stereocenters. The van der Waals surface area contributed by atoms with Gasteiger partial charge in [-0.3, -0.25) is 10.1 Å². The summed E-state index contributed by atoms with van der Waals surface area (Å²) in [6.45, 7) is 1.18. The van der Waals surface area contributed by atoms with Gasteiger partial charge < -0.3 is 9.47 Å². The fraction of sp³-hybridized carbons (Fsp3) is 0.467. The molecule has 0 bridgehead atoms. The normalized spacial score (nSPS) is 16.2. The number of benzene rings is 1. The van der Waals surface area contributed by atoms with E-state index in [1.807, 2.05) is 16.5 Å². The van der Waals surface area contributed by atoms with Gasteiger partial charge in [0, 0.05) is 32.3 Å². The third kappa shape index (κ3) is 3.34. The number of para-hydroxylation sites is 1. The molecule has 0 aliphatic carbocycles. The highest BCUT2D eigenvalue weighted by Crippen LogP contribution is 2.37. The fourth-order valence-corrected chi connectivity index (χ4v) is 4.15. The predicted octanol–water partition coefficient (Wildman–Crippen LogP) is 1.51. The van der Waals surface area contributed by atoms with Gasteiger partial charge in [0.25, 0.3) is 0 Å². The monoisotopic (exact) mass is 365 g/mol. The number of nitro benzene ring substituents is 1. The molecular formula is C15H19N5O4S. The quantitative estimate of drug-likeness (QED) is 0.596. The minimum Gasteiger partial charge on any atom is -0.366 e. The van der Waals surface area contributed by atoms with E-state index in [1.54, 1.807) is 18.5 Å². The van der Waals surface area contributed by atoms with Crippen LogP contribution in [0, 0.1) is 10.1 Å². The molecule has 1 aromatic heterocycles. The van der Waals surface area contributed by atoms with Crippen molar-refractivity contribution in [2.45, 2.75) is 23.7 Å². The summed E-state index contributed by atoms with van der Waals surface area (Å²) in [5, 5.41) is 19.6. The summed E-state index contributed by atoms with van der Waals surface area (Å²) in [6, 6.07) is 4.44. The highest BCUT2D eigenvalue weighted by molar-refractivity contribution is 7.90. The largest absolute Gasteiger partial charge is 0.366 e. The third-order valence-corrected chi connectivity index (χ3v) is 5.64. The molecule has 0 spiro atoms. The zero-order chi connectivity index (χ0) is 18.2. The highest BCUT2D eigenvalue weighted by Gasteiger charge is 2.31. The van der Waals surface area contributed by atoms with Crippen molar-refractivity contribution in [2.24, 2.45) is 7.05 Å². The molecule has 1 aliphatic heterocycles. The van der Waals surface area contributed by atoms with Crippen LogP contribution in [-0.4, -0.2) is 47.5 Å². The van der Waals surface area contributed by atoms with Crippen molar-refractivity contribution in [1.29, 1.82) is 0 Å². The number of nitro groups is 1. The number of anilines is 1. The summed E-state index contributed by atoms with van der Waals surface area (Å²) in [6.07, 6.45) is 4.18. The van der Waals surface area contributed by atoms with E-state index in [4.69, 9.17) is 0 Å². The number of aryl methyl sites for hydroxylation is 1. The van der Waals surface area contributed by atoms with Crippen LogP contribution in [0.2, 0.25) is 0 Å². The Kier molecular flexibility index (Phi) is 4.46. The topological polar surface area (TPSA) is 111 Å². The van der Waals surface area contributed by atoms with Crippen LogP contribution in [0.1, 0.15) is 24.6 Å². The molecule has 10 heteroatoms. The number of hydrogen-bond donors (Lipinski definition) is 0. The number of rotatable bonds is 4. The Balaban J connectivity index is 1.89. The Morgan fingerprint density at radius 1 is 1.28 bits per heavy atom. The van der Waals surface area contributed by atoms with Crippen LogP contribution < -0.4 is 4.90 Å². The number of piperidine rings is 1. The van der Waals surface area contributed by atoms with Crippen molar-refractivity contribution in [3.8, 4) is 0 Å². The SMILES string of the molecule is Cn1cnnc1C1CCN(c2cccc(S(C)(=O)=O)c2[N+](=O)[O-])CC1. The Morgan fingerprint density at radius 3 is 2.48 bits per heavy atom. The molecule has 1 aromatic carbocycles. The maximum Gasteiger partial charge on any atom is 0.311 e. The molecule has 0 unspecified atom stereocenters. The first-order valence-corrected chi connectivity index (χ1v) is 9.74. The fourth-order valence-electron chi connectivity index (χ4n) is 3.29. The number of aromatic nitrogens is 3. The van der Waals surface area contributed by atoms with E-state index >= 15 is 0 Å². The molecule has 0 N–H and O–H groups in total. The summed E-state index contributed by atoms with van der Waals surface area (Å²) in [7, 11) is -1.79. The lowest BCUT2D eigenvalue weighted by molar-refractivity contribution is -0.387. The second kappa shape index (κ2) is 6.43. The second-order valence-electron chi connectivity index (χ2n) is 6.21. The lowest BCUT2D eigenvalue weighted by Gasteiger charge is -2.32. The smallest absolute Gasteiger partial charge is 0.311 e. The van der Waals surface area contributed by atoms with Gasteiger partial charge >= 0.3 is 5.69 Å². The zero-order valence-electron chi connectivity index (χ0n) is 14.0. The maximum absolute atomic E-state index is 11.9. The van der Waals surface area contributed by atoms with Crippen molar-refractivity contribution < 1.29 is 13.3 Å². The molecule has 2 aromatic rings. The van der Waals surface area contributed by atoms with Crippen LogP contribution in [0.4, 0.5) is 11.4 Å². The first-order chi connectivity index (χ1) is 11.8. The van der Waals surface area contributed by atoms with Gasteiger partial charge in [-0.15, -0.1) is 10.2 Å². The van der Waals surface area contributed by atoms with Crippen LogP contribution in [0.5, 0.6) is 0 Å². The molecule has 1 saturated heterocycles. The van der Waals surface area contributed by atoms with Gasteiger partial charge in [-0.25, -0.2) is 8.42 Å². The predicted molar refractivity (Wildman–Crippen MR) is 91.4 cm³/mol. The van der Waals surface area contributed by atoms with Gasteiger partial charge in [-0.2, -0.15) is 0 Å². The molecule has 0 amide bonds. The van der Waals surface area contributed by atoms with Crippen LogP contribution in [0.25, 0.3) is 0 Å². The van der Waals surface area contributed by atoms with E-state index in [2.05, 4.69) is 10.2 Å². The molecule has 0 saturated carbocycles. The van der Waals surface area contributed by atoms with Crippen molar-refractivity contribution in [1.82, 2.24) is 14.8 Å². The Labute approximate surface area is 145 Å². The molecule has 0 radical (unpaired) electrons. The lowest BCUT2D eigenvalue weighted by atomic mass is 9.95. The minimum atomic E-state index is -3.68. The van der Waals surface area contributed by atoms with E-state index in [0.717, 1.165) is 24.9 Å². The maximum atomic E-state index is 11.9. The second-order valence-corrected chi connectivity index (χ2v) is 8.20. The molecule has 9 nitrogen and oxygen atoms in total. The minimum absolute atomic E-state index is 0.237. The number of sulfone groups is 1. The highest BCUT2D eigenvalue weighted by atomic mass is 32.2. The Hall–Kier alpha value is -2.49. The van der Waals surface area contributed by atoms with Gasteiger partial charge in [0.15, 0.2) is 9.84 Å². The van der Waals surface area contributed by atoms with E-state index < -0.39 is 14.8 Å². The zero-order valence-corrected chi connectivity index (χ0v) is 14.8. The van der Waals surface area contributed by atoms with Crippen LogP contribution in [0.15, 0.2) is 29.4 Å². The van der Waals surface area contributed by atoms with E-state index in [1.165, 1.54) is 6.07 Å². The van der Waals surface area contributed by atoms with Gasteiger partial charge in [0.05, 0.1) is 4.92 Å². The molecule has 1 fully saturated rings. The number of nitrogens with zero attached hydrogens (tertiary/aromatic N) is 5. The van der Waals surface area contributed by atoms with Gasteiger partial charge in [0.2, 0.25) is 0 Å². The van der Waals surface area contributed by atoms with Gasteiger partial charge in [-0.1, -0.05) is 6.07 Å². The Bertz CT molecular complexity index is 900. The molecule has 2 heterocycles. The van der Waals surface area contributed by atoms with Crippen LogP contribution >= 0.6 is 0 Å². The summed E-state index contributed by atoms with van der Waals surface area (Å²) in [5.41, 5.74) is 0.00597. The first-order valence-electron chi connectivity index (χ1n) is 7.85. The van der Waals surface area contributed by atoms with Gasteiger partial charge in [-0.05, 0) is 25.0 Å². The standard InChI is InChI=1S/C15H19N5O4S/c1-18-10-16-17-15(18)11-6-8-19(9-7-11)12-4-3-5-13(25(2,23)24)14(12)20(21)22/h3-5,10-11H,6-9H2,1-2H3.